The van der Waals surface area contributed by atoms with E-state index in [2.05, 4.69) is 12.1 Å². The first-order valence-corrected chi connectivity index (χ1v) is 12.1. The van der Waals surface area contributed by atoms with Gasteiger partial charge in [0.05, 0.1) is 50.4 Å². The maximum Gasteiger partial charge on any atom is 0.115 e. The summed E-state index contributed by atoms with van der Waals surface area (Å²) in [4.78, 5) is 0. The van der Waals surface area contributed by atoms with Crippen LogP contribution in [0.1, 0.15) is 77.0 Å². The van der Waals surface area contributed by atoms with Gasteiger partial charge in [0.2, 0.25) is 0 Å². The molecule has 2 aliphatic heterocycles. The Morgan fingerprint density at radius 2 is 1.07 bits per heavy atom. The highest BCUT2D eigenvalue weighted by atomic mass is 16.6. The summed E-state index contributed by atoms with van der Waals surface area (Å²) >= 11 is 0. The second-order valence-corrected chi connectivity index (χ2v) is 9.54. The molecule has 2 aliphatic carbocycles. The molecule has 4 fully saturated rings. The van der Waals surface area contributed by atoms with E-state index in [1.807, 2.05) is 0 Å². The predicted octanol–water partition coefficient (Wildman–Crippen LogP) is 4.28. The Balaban J connectivity index is 1.34. The molecule has 2 saturated heterocycles. The lowest BCUT2D eigenvalue weighted by molar-refractivity contribution is -0.106. The molecule has 6 nitrogen and oxygen atoms in total. The van der Waals surface area contributed by atoms with Crippen molar-refractivity contribution in [3.63, 3.8) is 0 Å². The van der Waals surface area contributed by atoms with E-state index in [1.165, 1.54) is 38.5 Å². The van der Waals surface area contributed by atoms with E-state index in [4.69, 9.17) is 18.9 Å². The van der Waals surface area contributed by atoms with E-state index in [0.717, 1.165) is 25.7 Å². The summed E-state index contributed by atoms with van der Waals surface area (Å²) in [6.45, 7) is 0.992. The topological polar surface area (TPSA) is 84.5 Å². The van der Waals surface area contributed by atoms with Gasteiger partial charge in [0.15, 0.2) is 0 Å². The van der Waals surface area contributed by atoms with E-state index in [-0.39, 0.29) is 36.6 Å². The van der Waals surface area contributed by atoms with Crippen LogP contribution in [0.25, 0.3) is 0 Å². The van der Waals surface area contributed by atoms with Gasteiger partial charge in [0, 0.05) is 0 Å². The molecule has 0 spiro atoms. The Labute approximate surface area is 180 Å². The third kappa shape index (κ3) is 5.17. The molecule has 30 heavy (non-hydrogen) atoms. The number of nitrogens with zero attached hydrogens (tertiary/aromatic N) is 2. The van der Waals surface area contributed by atoms with Gasteiger partial charge in [-0.2, -0.15) is 10.5 Å². The number of fused-ring (bicyclic) bond motifs is 1. The van der Waals surface area contributed by atoms with Gasteiger partial charge in [-0.25, -0.2) is 0 Å². The van der Waals surface area contributed by atoms with Crippen LogP contribution in [0, 0.1) is 34.5 Å². The largest absolute Gasteiger partial charge is 0.370 e. The molecule has 6 atom stereocenters. The highest BCUT2D eigenvalue weighted by molar-refractivity contribution is 4.98. The Hall–Kier alpha value is -1.18. The van der Waals surface area contributed by atoms with Crippen LogP contribution in [0.5, 0.6) is 0 Å². The number of rotatable bonds is 8. The fourth-order valence-corrected chi connectivity index (χ4v) is 5.96. The van der Waals surface area contributed by atoms with Gasteiger partial charge in [0.25, 0.3) is 0 Å². The zero-order chi connectivity index (χ0) is 20.8. The average Bonchev–Trinajstić information content (AvgIpc) is 3.37. The maximum absolute atomic E-state index is 9.31. The fraction of sp³-hybridized carbons (Fsp3) is 0.917. The third-order valence-corrected chi connectivity index (χ3v) is 7.60. The second-order valence-electron chi connectivity index (χ2n) is 9.54. The molecule has 4 rings (SSSR count). The molecular weight excluding hydrogens is 380 g/mol. The normalized spacial score (nSPS) is 34.7. The Morgan fingerprint density at radius 3 is 1.43 bits per heavy atom. The zero-order valence-corrected chi connectivity index (χ0v) is 18.0. The summed E-state index contributed by atoms with van der Waals surface area (Å²) in [6, 6.07) is 4.64. The standard InChI is InChI=1S/C24H36N2O4/c25-13-11-19(17-7-3-1-4-8-17)29-21-15-27-24-22(16-28-23(21)24)30-20(12-14-26)18-9-5-2-6-10-18/h17-24H,1-12,15-16H2/t19?,20?,21-,22-,23?,24?/m0/s1. The van der Waals surface area contributed by atoms with Crippen molar-refractivity contribution in [2.24, 2.45) is 11.8 Å². The van der Waals surface area contributed by atoms with Crippen LogP contribution in [0.15, 0.2) is 0 Å². The van der Waals surface area contributed by atoms with Gasteiger partial charge in [-0.3, -0.25) is 0 Å². The molecule has 166 valence electrons. The molecule has 2 heterocycles. The molecule has 4 unspecified atom stereocenters. The van der Waals surface area contributed by atoms with Crippen LogP contribution < -0.4 is 0 Å². The van der Waals surface area contributed by atoms with Gasteiger partial charge in [-0.15, -0.1) is 0 Å². The first-order chi connectivity index (χ1) is 14.8. The van der Waals surface area contributed by atoms with Gasteiger partial charge in [-0.05, 0) is 37.5 Å². The van der Waals surface area contributed by atoms with E-state index in [9.17, 15) is 10.5 Å². The smallest absolute Gasteiger partial charge is 0.115 e. The van der Waals surface area contributed by atoms with Crippen molar-refractivity contribution in [1.29, 1.82) is 10.5 Å². The number of nitriles is 2. The highest BCUT2D eigenvalue weighted by Crippen LogP contribution is 2.37. The van der Waals surface area contributed by atoms with Crippen LogP contribution in [-0.2, 0) is 18.9 Å². The van der Waals surface area contributed by atoms with Crippen molar-refractivity contribution >= 4 is 0 Å². The Kier molecular flexibility index (Phi) is 8.01. The fourth-order valence-electron chi connectivity index (χ4n) is 5.96. The van der Waals surface area contributed by atoms with E-state index < -0.39 is 0 Å². The van der Waals surface area contributed by atoms with Crippen LogP contribution in [0.2, 0.25) is 0 Å². The minimum Gasteiger partial charge on any atom is -0.370 e. The molecule has 0 aromatic rings. The lowest BCUT2D eigenvalue weighted by atomic mass is 9.84. The summed E-state index contributed by atoms with van der Waals surface area (Å²) < 4.78 is 25.1. The summed E-state index contributed by atoms with van der Waals surface area (Å²) in [7, 11) is 0. The van der Waals surface area contributed by atoms with Crippen LogP contribution in [0.4, 0.5) is 0 Å². The summed E-state index contributed by atoms with van der Waals surface area (Å²) in [5.74, 6) is 0.939. The molecule has 0 radical (unpaired) electrons. The maximum atomic E-state index is 9.31. The third-order valence-electron chi connectivity index (χ3n) is 7.60. The van der Waals surface area contributed by atoms with E-state index in [0.29, 0.717) is 37.9 Å². The van der Waals surface area contributed by atoms with Crippen molar-refractivity contribution in [3.8, 4) is 12.1 Å². The van der Waals surface area contributed by atoms with E-state index in [1.54, 1.807) is 0 Å². The van der Waals surface area contributed by atoms with Crippen LogP contribution in [0.3, 0.4) is 0 Å². The molecule has 0 aromatic heterocycles. The molecule has 0 aromatic carbocycles. The summed E-state index contributed by atoms with van der Waals surface area (Å²) in [6.07, 6.45) is 12.4. The highest BCUT2D eigenvalue weighted by Gasteiger charge is 2.50. The van der Waals surface area contributed by atoms with Crippen molar-refractivity contribution < 1.29 is 18.9 Å². The molecule has 0 N–H and O–H groups in total. The number of ether oxygens (including phenoxy) is 4. The molecule has 4 aliphatic rings. The monoisotopic (exact) mass is 416 g/mol. The van der Waals surface area contributed by atoms with Crippen molar-refractivity contribution in [2.45, 2.75) is 114 Å². The number of hydrogen-bond acceptors (Lipinski definition) is 6. The van der Waals surface area contributed by atoms with Crippen molar-refractivity contribution in [3.05, 3.63) is 0 Å². The first-order valence-electron chi connectivity index (χ1n) is 12.1. The van der Waals surface area contributed by atoms with Gasteiger partial charge in [0.1, 0.15) is 24.4 Å². The average molecular weight is 417 g/mol. The van der Waals surface area contributed by atoms with E-state index >= 15 is 0 Å². The minimum absolute atomic E-state index is 0.0280. The summed E-state index contributed by atoms with van der Waals surface area (Å²) in [5.41, 5.74) is 0. The lowest BCUT2D eigenvalue weighted by Gasteiger charge is -2.32. The van der Waals surface area contributed by atoms with Crippen molar-refractivity contribution in [2.75, 3.05) is 13.2 Å². The van der Waals surface area contributed by atoms with Crippen LogP contribution >= 0.6 is 0 Å². The molecule has 0 amide bonds. The van der Waals surface area contributed by atoms with Crippen molar-refractivity contribution in [1.82, 2.24) is 0 Å². The quantitative estimate of drug-likeness (QED) is 0.587. The minimum atomic E-state index is -0.132. The predicted molar refractivity (Wildman–Crippen MR) is 110 cm³/mol. The van der Waals surface area contributed by atoms with Gasteiger partial charge in [-0.1, -0.05) is 38.5 Å². The van der Waals surface area contributed by atoms with Gasteiger partial charge >= 0.3 is 0 Å². The first kappa shape index (κ1) is 22.0. The molecule has 0 bridgehead atoms. The SMILES string of the molecule is N#CCC(O[C@H]1COC2C1OC[C@@H]2OC(CC#N)C1CCCCC1)C1CCCCC1. The second kappa shape index (κ2) is 10.9. The van der Waals surface area contributed by atoms with Crippen LogP contribution in [-0.4, -0.2) is 49.8 Å². The van der Waals surface area contributed by atoms with Gasteiger partial charge < -0.3 is 18.9 Å². The number of hydrogen-bond donors (Lipinski definition) is 0. The molecular formula is C24H36N2O4. The Bertz CT molecular complexity index is 564. The summed E-state index contributed by atoms with van der Waals surface area (Å²) in [5, 5.41) is 18.6. The molecule has 2 saturated carbocycles. The lowest BCUT2D eigenvalue weighted by Crippen LogP contribution is -2.40. The Morgan fingerprint density at radius 1 is 0.667 bits per heavy atom. The molecule has 6 heteroatoms. The zero-order valence-electron chi connectivity index (χ0n) is 18.0.